The Hall–Kier alpha value is -4.26. The Morgan fingerprint density at radius 1 is 0.895 bits per heavy atom. The summed E-state index contributed by atoms with van der Waals surface area (Å²) in [6, 6.07) is 27.3. The second-order valence-electron chi connectivity index (χ2n) is 10.6. The molecule has 0 aliphatic heterocycles. The summed E-state index contributed by atoms with van der Waals surface area (Å²) in [4.78, 5) is 4.87. The predicted molar refractivity (Wildman–Crippen MR) is 153 cm³/mol. The van der Waals surface area contributed by atoms with Crippen LogP contribution in [-0.4, -0.2) is 19.7 Å². The number of hydrogen-bond donors (Lipinski definition) is 0. The van der Waals surface area contributed by atoms with Gasteiger partial charge >= 0.3 is 0 Å². The number of benzene rings is 3. The van der Waals surface area contributed by atoms with E-state index in [4.69, 9.17) is 0 Å². The maximum Gasteiger partial charge on any atom is 0.175 e. The van der Waals surface area contributed by atoms with Crippen LogP contribution in [0.2, 0.25) is 0 Å². The summed E-state index contributed by atoms with van der Waals surface area (Å²) in [6.45, 7) is 7.49. The van der Waals surface area contributed by atoms with Crippen molar-refractivity contribution in [2.24, 2.45) is 5.41 Å². The molecular formula is C32H29N3O2S. The van der Waals surface area contributed by atoms with E-state index in [-0.39, 0.29) is 4.90 Å². The van der Waals surface area contributed by atoms with E-state index in [1.165, 1.54) is 6.26 Å². The molecule has 0 unspecified atom stereocenters. The van der Waals surface area contributed by atoms with Gasteiger partial charge in [0.25, 0.3) is 0 Å². The number of aromatic nitrogens is 1. The number of sulfone groups is 1. The first-order chi connectivity index (χ1) is 17.9. The third-order valence-electron chi connectivity index (χ3n) is 6.76. The first-order valence-electron chi connectivity index (χ1n) is 12.2. The van der Waals surface area contributed by atoms with Crippen LogP contribution in [0.25, 0.3) is 33.7 Å². The number of pyridine rings is 1. The lowest BCUT2D eigenvalue weighted by atomic mass is 9.80. The molecule has 4 rings (SSSR count). The zero-order valence-corrected chi connectivity index (χ0v) is 23.0. The lowest BCUT2D eigenvalue weighted by Gasteiger charge is -2.21. The molecule has 0 fully saturated rings. The lowest BCUT2D eigenvalue weighted by molar-refractivity contribution is 0.602. The van der Waals surface area contributed by atoms with Crippen molar-refractivity contribution in [3.05, 3.63) is 95.7 Å². The van der Waals surface area contributed by atoms with Crippen LogP contribution < -0.4 is 0 Å². The number of fused-ring (bicyclic) bond motifs is 1. The van der Waals surface area contributed by atoms with E-state index in [2.05, 4.69) is 17.1 Å². The van der Waals surface area contributed by atoms with Gasteiger partial charge in [-0.3, -0.25) is 4.98 Å². The average molecular weight is 520 g/mol. The Bertz CT molecular complexity index is 1750. The van der Waals surface area contributed by atoms with E-state index in [1.807, 2.05) is 82.3 Å². The van der Waals surface area contributed by atoms with Gasteiger partial charge in [0.15, 0.2) is 9.84 Å². The molecule has 0 aliphatic rings. The van der Waals surface area contributed by atoms with Crippen LogP contribution in [-0.2, 0) is 15.3 Å². The van der Waals surface area contributed by atoms with E-state index >= 15 is 0 Å². The largest absolute Gasteiger partial charge is 0.256 e. The maximum absolute atomic E-state index is 11.9. The van der Waals surface area contributed by atoms with Crippen LogP contribution in [0.1, 0.15) is 44.4 Å². The molecule has 1 heterocycles. The molecule has 0 saturated heterocycles. The van der Waals surface area contributed by atoms with E-state index in [9.17, 15) is 18.9 Å². The third-order valence-corrected chi connectivity index (χ3v) is 7.89. The van der Waals surface area contributed by atoms with Crippen LogP contribution in [0.3, 0.4) is 0 Å². The van der Waals surface area contributed by atoms with E-state index in [0.29, 0.717) is 0 Å². The fourth-order valence-corrected chi connectivity index (χ4v) is 5.00. The molecule has 0 radical (unpaired) electrons. The molecule has 0 aliphatic carbocycles. The standard InChI is InChI=1S/C32H29N3O2S/c1-31(2,20-33)26-18-25-10-7-15-35-30(25)28(19-26)24-9-6-8-22(16-24)17-29(32(3,4)21-34)23-11-13-27(14-12-23)38(5,36)37/h6-19H,1-5H3/b29-17+. The molecular weight excluding hydrogens is 490 g/mol. The van der Waals surface area contributed by atoms with Crippen LogP contribution >= 0.6 is 0 Å². The van der Waals surface area contributed by atoms with Crippen molar-refractivity contribution in [1.82, 2.24) is 4.98 Å². The minimum atomic E-state index is -3.33. The first kappa shape index (κ1) is 26.8. The highest BCUT2D eigenvalue weighted by atomic mass is 32.2. The van der Waals surface area contributed by atoms with E-state index in [0.717, 1.165) is 44.3 Å². The molecule has 0 saturated carbocycles. The molecule has 0 atom stereocenters. The summed E-state index contributed by atoms with van der Waals surface area (Å²) < 4.78 is 23.9. The van der Waals surface area contributed by atoms with Crippen molar-refractivity contribution in [2.45, 2.75) is 38.0 Å². The Morgan fingerprint density at radius 2 is 1.61 bits per heavy atom. The Kier molecular flexibility index (Phi) is 6.98. The average Bonchev–Trinajstić information content (AvgIpc) is 2.90. The molecule has 5 nitrogen and oxygen atoms in total. The molecule has 38 heavy (non-hydrogen) atoms. The molecule has 4 aromatic rings. The smallest absolute Gasteiger partial charge is 0.175 e. The highest BCUT2D eigenvalue weighted by Crippen LogP contribution is 2.38. The Labute approximate surface area is 224 Å². The summed E-state index contributed by atoms with van der Waals surface area (Å²) >= 11 is 0. The summed E-state index contributed by atoms with van der Waals surface area (Å²) in [5, 5.41) is 20.7. The van der Waals surface area contributed by atoms with Gasteiger partial charge in [-0.05, 0) is 98.0 Å². The fourth-order valence-electron chi connectivity index (χ4n) is 4.37. The molecule has 0 spiro atoms. The van der Waals surface area contributed by atoms with Crippen LogP contribution in [0, 0.1) is 28.1 Å². The van der Waals surface area contributed by atoms with Gasteiger partial charge in [-0.15, -0.1) is 0 Å². The maximum atomic E-state index is 11.9. The number of nitrogens with zero attached hydrogens (tertiary/aromatic N) is 3. The number of nitriles is 2. The van der Waals surface area contributed by atoms with Crippen LogP contribution in [0.4, 0.5) is 0 Å². The SMILES string of the molecule is CC(C)(C#N)/C(=C/c1cccc(-c2cc(C(C)(C)C#N)cc3cccnc23)c1)c1ccc(S(C)(=O)=O)cc1. The van der Waals surface area contributed by atoms with Gasteiger partial charge < -0.3 is 0 Å². The van der Waals surface area contributed by atoms with Crippen molar-refractivity contribution in [1.29, 1.82) is 10.5 Å². The Morgan fingerprint density at radius 3 is 2.24 bits per heavy atom. The van der Waals surface area contributed by atoms with Crippen LogP contribution in [0.5, 0.6) is 0 Å². The monoisotopic (exact) mass is 519 g/mol. The number of rotatable bonds is 6. The molecule has 0 bridgehead atoms. The van der Waals surface area contributed by atoms with Crippen molar-refractivity contribution >= 4 is 32.4 Å². The van der Waals surface area contributed by atoms with Crippen molar-refractivity contribution in [3.63, 3.8) is 0 Å². The predicted octanol–water partition coefficient (Wildman–Crippen LogP) is 7.20. The highest BCUT2D eigenvalue weighted by molar-refractivity contribution is 7.90. The van der Waals surface area contributed by atoms with Crippen LogP contribution in [0.15, 0.2) is 83.9 Å². The van der Waals surface area contributed by atoms with Crippen molar-refractivity contribution in [2.75, 3.05) is 6.26 Å². The molecule has 0 amide bonds. The second kappa shape index (κ2) is 9.89. The summed E-state index contributed by atoms with van der Waals surface area (Å²) in [5.74, 6) is 0. The van der Waals surface area contributed by atoms with Crippen molar-refractivity contribution < 1.29 is 8.42 Å². The Balaban J connectivity index is 1.89. The van der Waals surface area contributed by atoms with Gasteiger partial charge in [0.1, 0.15) is 0 Å². The fraction of sp³-hybridized carbons (Fsp3) is 0.219. The molecule has 6 heteroatoms. The third kappa shape index (κ3) is 5.37. The normalized spacial score (nSPS) is 12.7. The highest BCUT2D eigenvalue weighted by Gasteiger charge is 2.25. The summed E-state index contributed by atoms with van der Waals surface area (Å²) in [7, 11) is -3.33. The van der Waals surface area contributed by atoms with Gasteiger partial charge in [-0.1, -0.05) is 36.4 Å². The zero-order valence-electron chi connectivity index (χ0n) is 22.1. The summed E-state index contributed by atoms with van der Waals surface area (Å²) in [6.07, 6.45) is 4.91. The molecule has 0 N–H and O–H groups in total. The van der Waals surface area contributed by atoms with Gasteiger partial charge in [0, 0.05) is 23.4 Å². The minimum absolute atomic E-state index is 0.233. The zero-order chi connectivity index (χ0) is 27.7. The molecule has 1 aromatic heterocycles. The van der Waals surface area contributed by atoms with Gasteiger partial charge in [-0.2, -0.15) is 10.5 Å². The number of hydrogen-bond acceptors (Lipinski definition) is 5. The summed E-state index contributed by atoms with van der Waals surface area (Å²) in [5.41, 5.74) is 4.58. The lowest BCUT2D eigenvalue weighted by Crippen LogP contribution is -2.14. The quantitative estimate of drug-likeness (QED) is 0.251. The number of allylic oxidation sites excluding steroid dienone is 1. The van der Waals surface area contributed by atoms with Gasteiger partial charge in [0.05, 0.1) is 33.4 Å². The molecule has 3 aromatic carbocycles. The van der Waals surface area contributed by atoms with Gasteiger partial charge in [-0.25, -0.2) is 8.42 Å². The van der Waals surface area contributed by atoms with E-state index < -0.39 is 20.7 Å². The van der Waals surface area contributed by atoms with Gasteiger partial charge in [0.2, 0.25) is 0 Å². The van der Waals surface area contributed by atoms with Crippen molar-refractivity contribution in [3.8, 4) is 23.3 Å². The molecule has 190 valence electrons. The minimum Gasteiger partial charge on any atom is -0.256 e. The first-order valence-corrected chi connectivity index (χ1v) is 14.1. The second-order valence-corrected chi connectivity index (χ2v) is 12.6. The topological polar surface area (TPSA) is 94.6 Å². The van der Waals surface area contributed by atoms with E-state index in [1.54, 1.807) is 30.5 Å².